The summed E-state index contributed by atoms with van der Waals surface area (Å²) in [7, 11) is 0. The van der Waals surface area contributed by atoms with Crippen LogP contribution in [0, 0.1) is 17.6 Å². The predicted molar refractivity (Wildman–Crippen MR) is 58.0 cm³/mol. The SMILES string of the molecule is CCCc1cc(F)c(-c2ccc(F)o2)c(F)c1. The minimum absolute atomic E-state index is 0.138. The van der Waals surface area contributed by atoms with E-state index in [-0.39, 0.29) is 11.3 Å². The highest BCUT2D eigenvalue weighted by molar-refractivity contribution is 5.59. The van der Waals surface area contributed by atoms with Crippen molar-refractivity contribution in [2.75, 3.05) is 0 Å². The van der Waals surface area contributed by atoms with Crippen molar-refractivity contribution in [1.82, 2.24) is 0 Å². The molecule has 1 aromatic carbocycles. The first-order chi connectivity index (χ1) is 8.11. The van der Waals surface area contributed by atoms with Crippen molar-refractivity contribution in [3.63, 3.8) is 0 Å². The maximum atomic E-state index is 13.7. The molecule has 0 bridgehead atoms. The average molecular weight is 240 g/mol. The van der Waals surface area contributed by atoms with Gasteiger partial charge in [0.15, 0.2) is 0 Å². The molecule has 0 amide bonds. The maximum absolute atomic E-state index is 13.7. The number of furan rings is 1. The molecule has 0 aliphatic rings. The van der Waals surface area contributed by atoms with Crippen LogP contribution in [0.4, 0.5) is 13.2 Å². The van der Waals surface area contributed by atoms with Crippen LogP contribution in [-0.2, 0) is 6.42 Å². The number of aryl methyl sites for hydroxylation is 1. The Morgan fingerprint density at radius 3 is 2.18 bits per heavy atom. The van der Waals surface area contributed by atoms with Gasteiger partial charge in [0.05, 0.1) is 5.56 Å². The van der Waals surface area contributed by atoms with Gasteiger partial charge >= 0.3 is 0 Å². The highest BCUT2D eigenvalue weighted by Gasteiger charge is 2.16. The summed E-state index contributed by atoms with van der Waals surface area (Å²) in [4.78, 5) is 0. The Kier molecular flexibility index (Phi) is 3.22. The molecule has 2 aromatic rings. The lowest BCUT2D eigenvalue weighted by atomic mass is 10.0. The standard InChI is InChI=1S/C13H11F3O/c1-2-3-8-6-9(14)13(10(15)7-8)11-4-5-12(16)17-11/h4-7H,2-3H2,1H3. The second-order valence-electron chi connectivity index (χ2n) is 3.79. The molecule has 0 spiro atoms. The summed E-state index contributed by atoms with van der Waals surface area (Å²) in [5.41, 5.74) is 0.257. The fraction of sp³-hybridized carbons (Fsp3) is 0.231. The lowest BCUT2D eigenvalue weighted by Gasteiger charge is -2.05. The minimum atomic E-state index is -0.864. The molecule has 1 nitrogen and oxygen atoms in total. The molecule has 1 heterocycles. The molecule has 90 valence electrons. The van der Waals surface area contributed by atoms with E-state index in [0.717, 1.165) is 12.5 Å². The summed E-state index contributed by atoms with van der Waals surface area (Å²) in [6, 6.07) is 3.87. The fourth-order valence-corrected chi connectivity index (χ4v) is 1.74. The average Bonchev–Trinajstić information content (AvgIpc) is 2.64. The Morgan fingerprint density at radius 1 is 1.06 bits per heavy atom. The topological polar surface area (TPSA) is 13.1 Å². The lowest BCUT2D eigenvalue weighted by molar-refractivity contribution is 0.365. The summed E-state index contributed by atoms with van der Waals surface area (Å²) in [6.07, 6.45) is 1.40. The van der Waals surface area contributed by atoms with Crippen LogP contribution in [0.15, 0.2) is 28.7 Å². The van der Waals surface area contributed by atoms with Crippen LogP contribution in [0.5, 0.6) is 0 Å². The second kappa shape index (κ2) is 4.65. The molecule has 0 saturated carbocycles. The molecule has 0 aliphatic heterocycles. The van der Waals surface area contributed by atoms with E-state index in [2.05, 4.69) is 4.42 Å². The second-order valence-corrected chi connectivity index (χ2v) is 3.79. The zero-order chi connectivity index (χ0) is 12.4. The number of halogens is 3. The van der Waals surface area contributed by atoms with Crippen LogP contribution in [-0.4, -0.2) is 0 Å². The fourth-order valence-electron chi connectivity index (χ4n) is 1.74. The Bertz CT molecular complexity index is 508. The summed E-state index contributed by atoms with van der Waals surface area (Å²) in [5, 5.41) is 0. The van der Waals surface area contributed by atoms with Gasteiger partial charge < -0.3 is 4.42 Å². The molecule has 0 fully saturated rings. The van der Waals surface area contributed by atoms with E-state index >= 15 is 0 Å². The maximum Gasteiger partial charge on any atom is 0.278 e. The van der Waals surface area contributed by atoms with E-state index < -0.39 is 17.6 Å². The van der Waals surface area contributed by atoms with E-state index in [1.54, 1.807) is 0 Å². The zero-order valence-corrected chi connectivity index (χ0v) is 9.27. The van der Waals surface area contributed by atoms with Crippen molar-refractivity contribution in [2.24, 2.45) is 0 Å². The van der Waals surface area contributed by atoms with E-state index in [4.69, 9.17) is 0 Å². The van der Waals surface area contributed by atoms with E-state index in [9.17, 15) is 13.2 Å². The first-order valence-electron chi connectivity index (χ1n) is 5.35. The monoisotopic (exact) mass is 240 g/mol. The third-order valence-corrected chi connectivity index (χ3v) is 2.46. The molecule has 0 aliphatic carbocycles. The number of benzene rings is 1. The van der Waals surface area contributed by atoms with Crippen LogP contribution in [0.3, 0.4) is 0 Å². The summed E-state index contributed by atoms with van der Waals surface area (Å²) in [5.74, 6) is -1.61. The Balaban J connectivity index is 2.48. The van der Waals surface area contributed by atoms with Gasteiger partial charge in [-0.2, -0.15) is 4.39 Å². The van der Waals surface area contributed by atoms with Gasteiger partial charge in [-0.05, 0) is 30.2 Å². The Hall–Kier alpha value is -1.71. The van der Waals surface area contributed by atoms with Crippen molar-refractivity contribution >= 4 is 0 Å². The Morgan fingerprint density at radius 2 is 1.71 bits per heavy atom. The normalized spacial score (nSPS) is 10.8. The molecule has 4 heteroatoms. The Labute approximate surface area is 96.9 Å². The van der Waals surface area contributed by atoms with E-state index in [0.29, 0.717) is 12.0 Å². The van der Waals surface area contributed by atoms with Crippen LogP contribution >= 0.6 is 0 Å². The lowest BCUT2D eigenvalue weighted by Crippen LogP contribution is -1.93. The first kappa shape index (κ1) is 11.8. The van der Waals surface area contributed by atoms with Crippen molar-refractivity contribution in [1.29, 1.82) is 0 Å². The van der Waals surface area contributed by atoms with Crippen LogP contribution in [0.25, 0.3) is 11.3 Å². The number of hydrogen-bond acceptors (Lipinski definition) is 1. The summed E-state index contributed by atoms with van der Waals surface area (Å²) < 4.78 is 44.7. The quantitative estimate of drug-likeness (QED) is 0.778. The van der Waals surface area contributed by atoms with Gasteiger partial charge in [0.25, 0.3) is 6.01 Å². The number of rotatable bonds is 3. The van der Waals surface area contributed by atoms with E-state index in [1.165, 1.54) is 18.2 Å². The van der Waals surface area contributed by atoms with Crippen molar-refractivity contribution in [2.45, 2.75) is 19.8 Å². The highest BCUT2D eigenvalue weighted by Crippen LogP contribution is 2.28. The van der Waals surface area contributed by atoms with Crippen molar-refractivity contribution < 1.29 is 17.6 Å². The molecule has 2 rings (SSSR count). The molecule has 1 aromatic heterocycles. The van der Waals surface area contributed by atoms with Gasteiger partial charge in [-0.1, -0.05) is 13.3 Å². The van der Waals surface area contributed by atoms with Gasteiger partial charge in [-0.3, -0.25) is 0 Å². The molecule has 0 atom stereocenters. The zero-order valence-electron chi connectivity index (χ0n) is 9.27. The molecule has 17 heavy (non-hydrogen) atoms. The van der Waals surface area contributed by atoms with Gasteiger partial charge in [-0.15, -0.1) is 0 Å². The smallest absolute Gasteiger partial charge is 0.278 e. The molecule has 0 unspecified atom stereocenters. The van der Waals surface area contributed by atoms with Crippen LogP contribution in [0.2, 0.25) is 0 Å². The van der Waals surface area contributed by atoms with Crippen molar-refractivity contribution in [3.8, 4) is 11.3 Å². The first-order valence-corrected chi connectivity index (χ1v) is 5.35. The summed E-state index contributed by atoms with van der Waals surface area (Å²) in [6.45, 7) is 1.92. The predicted octanol–water partition coefficient (Wildman–Crippen LogP) is 4.32. The largest absolute Gasteiger partial charge is 0.431 e. The van der Waals surface area contributed by atoms with Crippen LogP contribution in [0.1, 0.15) is 18.9 Å². The molecular weight excluding hydrogens is 229 g/mol. The highest BCUT2D eigenvalue weighted by atomic mass is 19.1. The molecule has 0 saturated heterocycles. The third kappa shape index (κ3) is 2.35. The summed E-state index contributed by atoms with van der Waals surface area (Å²) >= 11 is 0. The van der Waals surface area contributed by atoms with Gasteiger partial charge in [0, 0.05) is 6.07 Å². The molecule has 0 N–H and O–H groups in total. The van der Waals surface area contributed by atoms with Crippen molar-refractivity contribution in [3.05, 3.63) is 47.5 Å². The minimum Gasteiger partial charge on any atom is -0.431 e. The van der Waals surface area contributed by atoms with Gasteiger partial charge in [0.1, 0.15) is 17.4 Å². The molecular formula is C13H11F3O. The third-order valence-electron chi connectivity index (χ3n) is 2.46. The number of hydrogen-bond donors (Lipinski definition) is 0. The van der Waals surface area contributed by atoms with Crippen LogP contribution < -0.4 is 0 Å². The van der Waals surface area contributed by atoms with Gasteiger partial charge in [0.2, 0.25) is 0 Å². The van der Waals surface area contributed by atoms with E-state index in [1.807, 2.05) is 6.92 Å². The molecule has 0 radical (unpaired) electrons. The van der Waals surface area contributed by atoms with Gasteiger partial charge in [-0.25, -0.2) is 8.78 Å².